The van der Waals surface area contributed by atoms with Gasteiger partial charge < -0.3 is 9.73 Å². The van der Waals surface area contributed by atoms with Gasteiger partial charge in [0.2, 0.25) is 5.91 Å². The van der Waals surface area contributed by atoms with Crippen LogP contribution in [-0.4, -0.2) is 10.9 Å². The maximum Gasteiger partial charge on any atom is 0.224 e. The minimum absolute atomic E-state index is 0.0470. The Hall–Kier alpha value is -2.15. The summed E-state index contributed by atoms with van der Waals surface area (Å²) in [5.74, 6) is 1.25. The fourth-order valence-corrected chi connectivity index (χ4v) is 2.80. The summed E-state index contributed by atoms with van der Waals surface area (Å²) in [6.07, 6.45) is 2.51. The van der Waals surface area contributed by atoms with Gasteiger partial charge in [0.1, 0.15) is 0 Å². The molecule has 0 unspecified atom stereocenters. The lowest BCUT2D eigenvalue weighted by atomic mass is 10.1. The average molecular weight is 432 g/mol. The van der Waals surface area contributed by atoms with Gasteiger partial charge in [-0.3, -0.25) is 4.79 Å². The molecule has 0 spiro atoms. The van der Waals surface area contributed by atoms with E-state index in [0.717, 1.165) is 20.6 Å². The molecule has 0 radical (unpaired) electrons. The Balaban J connectivity index is 1.58. The van der Waals surface area contributed by atoms with Crippen molar-refractivity contribution in [2.24, 2.45) is 0 Å². The standard InChI is InChI=1S/C19H17IN2O2/c1-13-6-8-14(9-7-13)17-12-21-19(24-17)11-10-18(23)22-16-5-3-2-4-15(16)20/h2-9,12H,10-11H2,1H3,(H,22,23). The van der Waals surface area contributed by atoms with Crippen LogP contribution in [0.1, 0.15) is 17.9 Å². The van der Waals surface area contributed by atoms with Crippen molar-refractivity contribution in [3.05, 3.63) is 69.8 Å². The summed E-state index contributed by atoms with van der Waals surface area (Å²) in [6, 6.07) is 15.8. The molecule has 0 atom stereocenters. The number of benzene rings is 2. The summed E-state index contributed by atoms with van der Waals surface area (Å²) in [5, 5.41) is 2.91. The van der Waals surface area contributed by atoms with Crippen molar-refractivity contribution >= 4 is 34.2 Å². The van der Waals surface area contributed by atoms with E-state index in [-0.39, 0.29) is 5.91 Å². The van der Waals surface area contributed by atoms with Gasteiger partial charge in [0.25, 0.3) is 0 Å². The molecule has 0 saturated heterocycles. The first kappa shape index (κ1) is 16.7. The van der Waals surface area contributed by atoms with Gasteiger partial charge in [0, 0.05) is 22.0 Å². The van der Waals surface area contributed by atoms with E-state index in [1.165, 1.54) is 5.56 Å². The Morgan fingerprint density at radius 3 is 2.67 bits per heavy atom. The zero-order valence-electron chi connectivity index (χ0n) is 13.3. The van der Waals surface area contributed by atoms with Crippen LogP contribution in [0.4, 0.5) is 5.69 Å². The highest BCUT2D eigenvalue weighted by Gasteiger charge is 2.10. The van der Waals surface area contributed by atoms with Gasteiger partial charge in [-0.15, -0.1) is 0 Å². The summed E-state index contributed by atoms with van der Waals surface area (Å²) in [7, 11) is 0. The lowest BCUT2D eigenvalue weighted by molar-refractivity contribution is -0.116. The number of anilines is 1. The molecule has 5 heteroatoms. The van der Waals surface area contributed by atoms with E-state index >= 15 is 0 Å². The minimum atomic E-state index is -0.0470. The van der Waals surface area contributed by atoms with Crippen molar-refractivity contribution in [2.75, 3.05) is 5.32 Å². The number of halogens is 1. The van der Waals surface area contributed by atoms with E-state index in [4.69, 9.17) is 4.42 Å². The summed E-state index contributed by atoms with van der Waals surface area (Å²) >= 11 is 2.20. The summed E-state index contributed by atoms with van der Waals surface area (Å²) in [4.78, 5) is 16.3. The second-order valence-corrected chi connectivity index (χ2v) is 6.67. The zero-order valence-corrected chi connectivity index (χ0v) is 15.4. The van der Waals surface area contributed by atoms with E-state index in [0.29, 0.717) is 18.7 Å². The molecule has 3 aromatic rings. The number of amides is 1. The molecule has 0 fully saturated rings. The fraction of sp³-hybridized carbons (Fsp3) is 0.158. The molecular weight excluding hydrogens is 415 g/mol. The van der Waals surface area contributed by atoms with E-state index in [1.807, 2.05) is 55.5 Å². The smallest absolute Gasteiger partial charge is 0.224 e. The number of rotatable bonds is 5. The molecule has 0 aliphatic carbocycles. The van der Waals surface area contributed by atoms with E-state index in [2.05, 4.69) is 32.9 Å². The van der Waals surface area contributed by atoms with Gasteiger partial charge in [-0.05, 0) is 41.6 Å². The first-order valence-electron chi connectivity index (χ1n) is 7.68. The number of para-hydroxylation sites is 1. The van der Waals surface area contributed by atoms with Crippen molar-refractivity contribution in [1.82, 2.24) is 4.98 Å². The first-order chi connectivity index (χ1) is 11.6. The topological polar surface area (TPSA) is 55.1 Å². The van der Waals surface area contributed by atoms with E-state index in [9.17, 15) is 4.79 Å². The first-order valence-corrected chi connectivity index (χ1v) is 8.76. The number of aryl methyl sites for hydroxylation is 2. The van der Waals surface area contributed by atoms with Crippen LogP contribution in [-0.2, 0) is 11.2 Å². The molecule has 122 valence electrons. The summed E-state index contributed by atoms with van der Waals surface area (Å²) in [6.45, 7) is 2.04. The van der Waals surface area contributed by atoms with Gasteiger partial charge in [0.05, 0.1) is 11.9 Å². The third kappa shape index (κ3) is 4.23. The summed E-state index contributed by atoms with van der Waals surface area (Å²) < 4.78 is 6.76. The molecule has 1 amide bonds. The van der Waals surface area contributed by atoms with Gasteiger partial charge in [-0.25, -0.2) is 4.98 Å². The number of hydrogen-bond donors (Lipinski definition) is 1. The number of carbonyl (C=O) groups excluding carboxylic acids is 1. The van der Waals surface area contributed by atoms with Crippen molar-refractivity contribution in [1.29, 1.82) is 0 Å². The SMILES string of the molecule is Cc1ccc(-c2cnc(CCC(=O)Nc3ccccc3I)o2)cc1. The Kier molecular flexibility index (Phi) is 5.30. The van der Waals surface area contributed by atoms with Crippen LogP contribution in [0.2, 0.25) is 0 Å². The van der Waals surface area contributed by atoms with Gasteiger partial charge in [0.15, 0.2) is 11.7 Å². The highest BCUT2D eigenvalue weighted by atomic mass is 127. The quantitative estimate of drug-likeness (QED) is 0.588. The molecule has 0 aliphatic heterocycles. The van der Waals surface area contributed by atoms with Crippen molar-refractivity contribution < 1.29 is 9.21 Å². The Morgan fingerprint density at radius 2 is 1.92 bits per heavy atom. The predicted molar refractivity (Wildman–Crippen MR) is 103 cm³/mol. The zero-order chi connectivity index (χ0) is 16.9. The molecule has 3 rings (SSSR count). The molecule has 2 aromatic carbocycles. The molecule has 1 aromatic heterocycles. The van der Waals surface area contributed by atoms with Crippen LogP contribution in [0.5, 0.6) is 0 Å². The molecular formula is C19H17IN2O2. The number of carbonyl (C=O) groups is 1. The molecule has 1 heterocycles. The molecule has 0 saturated carbocycles. The predicted octanol–water partition coefficient (Wildman–Crippen LogP) is 4.83. The van der Waals surface area contributed by atoms with Gasteiger partial charge >= 0.3 is 0 Å². The van der Waals surface area contributed by atoms with Crippen molar-refractivity contribution in [3.63, 3.8) is 0 Å². The molecule has 24 heavy (non-hydrogen) atoms. The Bertz CT molecular complexity index is 841. The number of nitrogens with zero attached hydrogens (tertiary/aromatic N) is 1. The highest BCUT2D eigenvalue weighted by molar-refractivity contribution is 14.1. The van der Waals surface area contributed by atoms with Crippen LogP contribution < -0.4 is 5.32 Å². The maximum atomic E-state index is 12.1. The van der Waals surface area contributed by atoms with Crippen molar-refractivity contribution in [3.8, 4) is 11.3 Å². The fourth-order valence-electron chi connectivity index (χ4n) is 2.27. The van der Waals surface area contributed by atoms with Crippen molar-refractivity contribution in [2.45, 2.75) is 19.8 Å². The average Bonchev–Trinajstić information content (AvgIpc) is 3.05. The maximum absolute atomic E-state index is 12.1. The lowest BCUT2D eigenvalue weighted by Gasteiger charge is -2.06. The van der Waals surface area contributed by atoms with Crippen LogP contribution in [0, 0.1) is 10.5 Å². The molecule has 4 nitrogen and oxygen atoms in total. The lowest BCUT2D eigenvalue weighted by Crippen LogP contribution is -2.13. The Labute approximate surface area is 154 Å². The third-order valence-electron chi connectivity index (χ3n) is 3.60. The van der Waals surface area contributed by atoms with E-state index in [1.54, 1.807) is 6.20 Å². The molecule has 0 bridgehead atoms. The van der Waals surface area contributed by atoms with E-state index < -0.39 is 0 Å². The van der Waals surface area contributed by atoms with Crippen LogP contribution >= 0.6 is 22.6 Å². The third-order valence-corrected chi connectivity index (χ3v) is 4.54. The number of nitrogens with one attached hydrogen (secondary N) is 1. The largest absolute Gasteiger partial charge is 0.441 e. The number of oxazole rings is 1. The van der Waals surface area contributed by atoms with Crippen LogP contribution in [0.3, 0.4) is 0 Å². The summed E-state index contributed by atoms with van der Waals surface area (Å²) in [5.41, 5.74) is 3.02. The highest BCUT2D eigenvalue weighted by Crippen LogP contribution is 2.21. The second-order valence-electron chi connectivity index (χ2n) is 5.51. The molecule has 0 aliphatic rings. The minimum Gasteiger partial charge on any atom is -0.441 e. The normalized spacial score (nSPS) is 10.6. The number of aromatic nitrogens is 1. The number of hydrogen-bond acceptors (Lipinski definition) is 3. The van der Waals surface area contributed by atoms with Gasteiger partial charge in [-0.1, -0.05) is 42.0 Å². The van der Waals surface area contributed by atoms with Crippen LogP contribution in [0.25, 0.3) is 11.3 Å². The molecule has 1 N–H and O–H groups in total. The van der Waals surface area contributed by atoms with Crippen LogP contribution in [0.15, 0.2) is 59.1 Å². The second kappa shape index (κ2) is 7.61. The van der Waals surface area contributed by atoms with Gasteiger partial charge in [-0.2, -0.15) is 0 Å². The monoisotopic (exact) mass is 432 g/mol. The Morgan fingerprint density at radius 1 is 1.17 bits per heavy atom.